The number of halogens is 1. The molecular weight excluding hydrogens is 466 g/mol. The molecule has 10 atom stereocenters. The second-order valence-electron chi connectivity index (χ2n) is 13.9. The Morgan fingerprint density at radius 1 is 1.00 bits per heavy atom. The third-order valence-electron chi connectivity index (χ3n) is 12.5. The summed E-state index contributed by atoms with van der Waals surface area (Å²) < 4.78 is 15.5. The lowest BCUT2D eigenvalue weighted by Gasteiger charge is -2.67. The summed E-state index contributed by atoms with van der Waals surface area (Å²) in [4.78, 5) is 1.65. The Balaban J connectivity index is 1.65. The smallest absolute Gasteiger partial charge is 0.171 e. The summed E-state index contributed by atoms with van der Waals surface area (Å²) >= 11 is 0. The SMILES string of the molecule is CCCCCC1CCC2[C@](C)(CCC3(C)[C@@]2(C)CC[C@]3(C)C(Cn2nnc(C)n2)C(F)P)C1CCC. The van der Waals surface area contributed by atoms with Crippen molar-refractivity contribution < 1.29 is 4.39 Å². The van der Waals surface area contributed by atoms with Gasteiger partial charge in [-0.05, 0) is 96.5 Å². The molecule has 4 rings (SSSR count). The zero-order chi connectivity index (χ0) is 26.4. The van der Waals surface area contributed by atoms with E-state index in [9.17, 15) is 0 Å². The Kier molecular flexibility index (Phi) is 8.32. The molecule has 3 aliphatic rings. The molecule has 0 aromatic carbocycles. The minimum absolute atomic E-state index is 0.0932. The maximum atomic E-state index is 15.5. The highest BCUT2D eigenvalue weighted by Gasteiger charge is 2.71. The number of tetrazole rings is 1. The molecule has 0 amide bonds. The van der Waals surface area contributed by atoms with Crippen LogP contribution in [0.4, 0.5) is 4.39 Å². The summed E-state index contributed by atoms with van der Waals surface area (Å²) in [5, 5.41) is 12.7. The Hall–Kier alpha value is -0.570. The highest BCUT2D eigenvalue weighted by Crippen LogP contribution is 2.78. The molecular formula is C30H54FN4P. The summed E-state index contributed by atoms with van der Waals surface area (Å²) in [6.07, 6.45) is 15.8. The molecule has 3 saturated carbocycles. The minimum Gasteiger partial charge on any atom is -0.243 e. The molecule has 3 fully saturated rings. The van der Waals surface area contributed by atoms with Crippen LogP contribution in [-0.2, 0) is 6.54 Å². The van der Waals surface area contributed by atoms with Crippen LogP contribution in [-0.4, -0.2) is 26.1 Å². The van der Waals surface area contributed by atoms with Crippen LogP contribution >= 0.6 is 9.24 Å². The quantitative estimate of drug-likeness (QED) is 0.230. The third kappa shape index (κ3) is 4.40. The minimum atomic E-state index is -0.976. The topological polar surface area (TPSA) is 43.6 Å². The van der Waals surface area contributed by atoms with E-state index in [0.717, 1.165) is 24.2 Å². The predicted molar refractivity (Wildman–Crippen MR) is 150 cm³/mol. The molecule has 3 aliphatic carbocycles. The van der Waals surface area contributed by atoms with E-state index in [4.69, 9.17) is 0 Å². The number of rotatable bonds is 10. The summed E-state index contributed by atoms with van der Waals surface area (Å²) in [6, 6.07) is 0. The van der Waals surface area contributed by atoms with Crippen LogP contribution in [0.2, 0.25) is 0 Å². The van der Waals surface area contributed by atoms with Gasteiger partial charge in [-0.3, -0.25) is 0 Å². The molecule has 0 bridgehead atoms. The van der Waals surface area contributed by atoms with Gasteiger partial charge in [-0.25, -0.2) is 4.39 Å². The van der Waals surface area contributed by atoms with Crippen LogP contribution in [0, 0.1) is 52.3 Å². The molecule has 36 heavy (non-hydrogen) atoms. The average Bonchev–Trinajstić information content (AvgIpc) is 3.33. The lowest BCUT2D eigenvalue weighted by Crippen LogP contribution is -2.61. The summed E-state index contributed by atoms with van der Waals surface area (Å²) in [7, 11) is 2.49. The van der Waals surface area contributed by atoms with E-state index >= 15 is 4.39 Å². The summed E-state index contributed by atoms with van der Waals surface area (Å²) in [6.45, 7) is 17.3. The largest absolute Gasteiger partial charge is 0.243 e. The number of aromatic nitrogens is 4. The normalized spacial score (nSPS) is 42.1. The van der Waals surface area contributed by atoms with E-state index in [2.05, 4.69) is 66.2 Å². The second kappa shape index (κ2) is 10.5. The first-order chi connectivity index (χ1) is 17.0. The van der Waals surface area contributed by atoms with Crippen LogP contribution in [0.5, 0.6) is 0 Å². The molecule has 1 heterocycles. The fraction of sp³-hybridized carbons (Fsp3) is 0.967. The van der Waals surface area contributed by atoms with E-state index in [-0.39, 0.29) is 22.2 Å². The Morgan fingerprint density at radius 2 is 1.75 bits per heavy atom. The molecule has 4 nitrogen and oxygen atoms in total. The zero-order valence-electron chi connectivity index (χ0n) is 24.3. The molecule has 0 saturated heterocycles. The van der Waals surface area contributed by atoms with Gasteiger partial charge < -0.3 is 0 Å². The molecule has 0 aliphatic heterocycles. The number of nitrogens with zero attached hydrogens (tertiary/aromatic N) is 4. The molecule has 1 aromatic rings. The van der Waals surface area contributed by atoms with E-state index in [1.807, 2.05) is 6.92 Å². The fourth-order valence-corrected chi connectivity index (χ4v) is 10.7. The predicted octanol–water partition coefficient (Wildman–Crippen LogP) is 8.40. The van der Waals surface area contributed by atoms with Gasteiger partial charge in [0.2, 0.25) is 0 Å². The van der Waals surface area contributed by atoms with Crippen LogP contribution in [0.15, 0.2) is 0 Å². The van der Waals surface area contributed by atoms with Gasteiger partial charge in [-0.2, -0.15) is 4.80 Å². The van der Waals surface area contributed by atoms with Crippen molar-refractivity contribution in [3.8, 4) is 0 Å². The fourth-order valence-electron chi connectivity index (χ4n) is 10.2. The first-order valence-electron chi connectivity index (χ1n) is 15.1. The molecule has 0 spiro atoms. The van der Waals surface area contributed by atoms with E-state index in [1.165, 1.54) is 70.6 Å². The van der Waals surface area contributed by atoms with Crippen LogP contribution in [0.1, 0.15) is 124 Å². The van der Waals surface area contributed by atoms with E-state index < -0.39 is 5.91 Å². The van der Waals surface area contributed by atoms with Crippen molar-refractivity contribution in [2.45, 2.75) is 138 Å². The standard InChI is InChI=1S/C30H54FN4P/c1-8-10-11-13-22-14-15-25-27(4,23(22)12-9-2)16-19-30(7)28(5,17-18-29(25,30)6)24(26(31)36)20-35-33-21(3)32-34-35/h22-26H,8-20,36H2,1-7H3/t22?,23?,24?,25?,26?,27-,28-,29+,30?/m1/s1. The van der Waals surface area contributed by atoms with Crippen molar-refractivity contribution in [2.75, 3.05) is 0 Å². The highest BCUT2D eigenvalue weighted by atomic mass is 31.0. The first kappa shape index (κ1) is 28.4. The monoisotopic (exact) mass is 520 g/mol. The van der Waals surface area contributed by atoms with Gasteiger partial charge in [0.1, 0.15) is 5.91 Å². The number of hydrogen-bond donors (Lipinski definition) is 0. The molecule has 0 radical (unpaired) electrons. The molecule has 206 valence electrons. The van der Waals surface area contributed by atoms with Crippen LogP contribution in [0.3, 0.4) is 0 Å². The Labute approximate surface area is 222 Å². The number of hydrogen-bond acceptors (Lipinski definition) is 3. The summed E-state index contributed by atoms with van der Waals surface area (Å²) in [5.74, 6) is 2.03. The third-order valence-corrected chi connectivity index (χ3v) is 13.0. The van der Waals surface area contributed by atoms with Crippen molar-refractivity contribution in [1.29, 1.82) is 0 Å². The van der Waals surface area contributed by atoms with Gasteiger partial charge >= 0.3 is 0 Å². The first-order valence-corrected chi connectivity index (χ1v) is 15.8. The average molecular weight is 521 g/mol. The number of alkyl halides is 1. The molecule has 1 aromatic heterocycles. The van der Waals surface area contributed by atoms with Crippen molar-refractivity contribution >= 4 is 9.24 Å². The van der Waals surface area contributed by atoms with Crippen molar-refractivity contribution in [3.05, 3.63) is 5.82 Å². The molecule has 6 heteroatoms. The zero-order valence-corrected chi connectivity index (χ0v) is 25.5. The number of aryl methyl sites for hydroxylation is 1. The van der Waals surface area contributed by atoms with Crippen molar-refractivity contribution in [2.24, 2.45) is 45.3 Å². The lowest BCUT2D eigenvalue weighted by atomic mass is 9.37. The Morgan fingerprint density at radius 3 is 2.36 bits per heavy atom. The van der Waals surface area contributed by atoms with E-state index in [1.54, 1.807) is 4.80 Å². The van der Waals surface area contributed by atoms with Crippen LogP contribution < -0.4 is 0 Å². The highest BCUT2D eigenvalue weighted by molar-refractivity contribution is 7.17. The van der Waals surface area contributed by atoms with Gasteiger partial charge in [0.05, 0.1) is 6.54 Å². The summed E-state index contributed by atoms with van der Waals surface area (Å²) in [5.41, 5.74) is 0.681. The van der Waals surface area contributed by atoms with Gasteiger partial charge in [0.15, 0.2) is 5.82 Å². The van der Waals surface area contributed by atoms with Gasteiger partial charge in [-0.15, -0.1) is 19.4 Å². The lowest BCUT2D eigenvalue weighted by molar-refractivity contribution is -0.190. The number of unbranched alkanes of at least 4 members (excludes halogenated alkanes) is 2. The van der Waals surface area contributed by atoms with Crippen molar-refractivity contribution in [3.63, 3.8) is 0 Å². The molecule has 0 N–H and O–H groups in total. The van der Waals surface area contributed by atoms with Gasteiger partial charge in [0.25, 0.3) is 0 Å². The molecule has 7 unspecified atom stereocenters. The van der Waals surface area contributed by atoms with Gasteiger partial charge in [-0.1, -0.05) is 73.6 Å². The van der Waals surface area contributed by atoms with Crippen molar-refractivity contribution in [1.82, 2.24) is 20.2 Å². The van der Waals surface area contributed by atoms with Crippen LogP contribution in [0.25, 0.3) is 0 Å². The second-order valence-corrected chi connectivity index (χ2v) is 14.5. The van der Waals surface area contributed by atoms with Gasteiger partial charge in [0, 0.05) is 5.92 Å². The number of fused-ring (bicyclic) bond motifs is 3. The Bertz CT molecular complexity index is 890. The maximum Gasteiger partial charge on any atom is 0.171 e. The van der Waals surface area contributed by atoms with E-state index in [0.29, 0.717) is 17.8 Å². The maximum absolute atomic E-state index is 15.5.